The Labute approximate surface area is 195 Å². The zero-order valence-corrected chi connectivity index (χ0v) is 19.2. The molecule has 1 amide bonds. The highest BCUT2D eigenvalue weighted by Gasteiger charge is 2.57. The van der Waals surface area contributed by atoms with Gasteiger partial charge in [-0.15, -0.1) is 0 Å². The highest BCUT2D eigenvalue weighted by molar-refractivity contribution is 6.04. The first-order valence-corrected chi connectivity index (χ1v) is 12.3. The van der Waals surface area contributed by atoms with Gasteiger partial charge in [-0.25, -0.2) is 0 Å². The minimum atomic E-state index is -0.359. The number of nitrogens with zero attached hydrogens (tertiary/aromatic N) is 1. The van der Waals surface area contributed by atoms with E-state index in [0.717, 1.165) is 29.8 Å². The Bertz CT molecular complexity index is 1060. The number of benzene rings is 2. The van der Waals surface area contributed by atoms with Crippen LogP contribution in [0.2, 0.25) is 0 Å². The molecule has 2 aromatic carbocycles. The van der Waals surface area contributed by atoms with Gasteiger partial charge in [0.2, 0.25) is 5.91 Å². The van der Waals surface area contributed by atoms with E-state index in [1.54, 1.807) is 0 Å². The molecule has 3 heterocycles. The molecule has 0 radical (unpaired) electrons. The van der Waals surface area contributed by atoms with Gasteiger partial charge in [0, 0.05) is 36.5 Å². The number of hydrogen-bond donors (Lipinski definition) is 3. The Hall–Kier alpha value is -2.54. The highest BCUT2D eigenvalue weighted by Crippen LogP contribution is 2.51. The van der Waals surface area contributed by atoms with Crippen molar-refractivity contribution >= 4 is 11.7 Å². The van der Waals surface area contributed by atoms with Crippen molar-refractivity contribution in [2.24, 2.45) is 23.7 Å². The number of piperidine rings is 2. The lowest BCUT2D eigenvalue weighted by molar-refractivity contribution is -0.138. The fraction of sp³-hybridized carbons (Fsp3) is 0.481. The molecule has 0 saturated carbocycles. The first-order chi connectivity index (χ1) is 16.0. The number of Topliss-reactive ketones (excluding diaryl/α,β-unsaturated/α-hetero) is 1. The van der Waals surface area contributed by atoms with Gasteiger partial charge in [-0.1, -0.05) is 68.4 Å². The van der Waals surface area contributed by atoms with E-state index in [-0.39, 0.29) is 47.9 Å². The van der Waals surface area contributed by atoms with Crippen LogP contribution in [0.1, 0.15) is 53.7 Å². The Morgan fingerprint density at radius 1 is 0.818 bits per heavy atom. The Kier molecular flexibility index (Phi) is 5.13. The van der Waals surface area contributed by atoms with Crippen molar-refractivity contribution < 1.29 is 9.59 Å². The maximum Gasteiger partial charge on any atom is 0.228 e. The van der Waals surface area contributed by atoms with Gasteiger partial charge in [-0.2, -0.15) is 0 Å². The summed E-state index contributed by atoms with van der Waals surface area (Å²) in [5, 5.41) is 10.7. The minimum absolute atomic E-state index is 0.0261. The Balaban J connectivity index is 1.38. The molecule has 6 rings (SSSR count). The molecule has 4 aliphatic rings. The van der Waals surface area contributed by atoms with Crippen molar-refractivity contribution in [3.63, 3.8) is 0 Å². The topological polar surface area (TPSA) is 73.5 Å². The highest BCUT2D eigenvalue weighted by atomic mass is 16.2. The lowest BCUT2D eigenvalue weighted by Gasteiger charge is -2.52. The molecule has 1 aliphatic carbocycles. The van der Waals surface area contributed by atoms with Gasteiger partial charge in [0.05, 0.1) is 12.1 Å². The summed E-state index contributed by atoms with van der Waals surface area (Å²) in [4.78, 5) is 29.6. The summed E-state index contributed by atoms with van der Waals surface area (Å²) in [6.07, 6.45) is 0.818. The van der Waals surface area contributed by atoms with Crippen LogP contribution in [0.5, 0.6) is 0 Å². The van der Waals surface area contributed by atoms with Gasteiger partial charge in [-0.05, 0) is 29.4 Å². The second-order valence-corrected chi connectivity index (χ2v) is 10.5. The molecule has 3 N–H and O–H groups in total. The monoisotopic (exact) mass is 444 g/mol. The van der Waals surface area contributed by atoms with Crippen LogP contribution in [0.3, 0.4) is 0 Å². The first kappa shape index (κ1) is 21.0. The van der Waals surface area contributed by atoms with Crippen LogP contribution in [-0.2, 0) is 4.79 Å². The molecule has 0 spiro atoms. The van der Waals surface area contributed by atoms with Crippen molar-refractivity contribution in [1.82, 2.24) is 20.9 Å². The van der Waals surface area contributed by atoms with Gasteiger partial charge in [-0.3, -0.25) is 25.1 Å². The van der Waals surface area contributed by atoms with E-state index in [1.807, 2.05) is 36.4 Å². The van der Waals surface area contributed by atoms with Crippen molar-refractivity contribution in [3.05, 3.63) is 71.3 Å². The summed E-state index contributed by atoms with van der Waals surface area (Å²) in [5.41, 5.74) is 2.90. The summed E-state index contributed by atoms with van der Waals surface area (Å²) in [5.74, 6) is 0.542. The Morgan fingerprint density at radius 2 is 1.52 bits per heavy atom. The number of nitrogens with one attached hydrogen (secondary N) is 3. The van der Waals surface area contributed by atoms with E-state index in [2.05, 4.69) is 52.9 Å². The number of amides is 1. The van der Waals surface area contributed by atoms with Crippen molar-refractivity contribution in [3.8, 4) is 0 Å². The average Bonchev–Trinajstić information content (AvgIpc) is 3.09. The summed E-state index contributed by atoms with van der Waals surface area (Å²) < 4.78 is 0. The van der Waals surface area contributed by atoms with Crippen LogP contribution in [0.25, 0.3) is 0 Å². The van der Waals surface area contributed by atoms with Crippen LogP contribution >= 0.6 is 0 Å². The molecule has 8 atom stereocenters. The number of fused-ring (bicyclic) bond motifs is 4. The largest absolute Gasteiger partial charge is 0.328 e. The molecule has 172 valence electrons. The molecule has 3 aliphatic heterocycles. The average molecular weight is 445 g/mol. The normalized spacial score (nSPS) is 38.2. The van der Waals surface area contributed by atoms with Crippen molar-refractivity contribution in [2.75, 3.05) is 13.1 Å². The van der Waals surface area contributed by atoms with Crippen LogP contribution in [0, 0.1) is 23.7 Å². The summed E-state index contributed by atoms with van der Waals surface area (Å²) >= 11 is 0. The predicted octanol–water partition coefficient (Wildman–Crippen LogP) is 2.85. The number of carbonyl (C=O) groups is 2. The lowest BCUT2D eigenvalue weighted by atomic mass is 9.68. The molecule has 6 nitrogen and oxygen atoms in total. The van der Waals surface area contributed by atoms with E-state index >= 15 is 0 Å². The van der Waals surface area contributed by atoms with E-state index in [9.17, 15) is 9.59 Å². The second-order valence-electron chi connectivity index (χ2n) is 10.5. The Morgan fingerprint density at radius 3 is 2.27 bits per heavy atom. The fourth-order valence-corrected chi connectivity index (χ4v) is 6.93. The molecule has 0 aromatic heterocycles. The number of ketones is 1. The van der Waals surface area contributed by atoms with Gasteiger partial charge >= 0.3 is 0 Å². The van der Waals surface area contributed by atoms with E-state index in [1.165, 1.54) is 6.42 Å². The van der Waals surface area contributed by atoms with Gasteiger partial charge in [0.1, 0.15) is 6.29 Å². The van der Waals surface area contributed by atoms with Gasteiger partial charge in [0.25, 0.3) is 0 Å². The smallest absolute Gasteiger partial charge is 0.228 e. The molecular formula is C27H32N4O2. The van der Waals surface area contributed by atoms with Crippen LogP contribution in [0.4, 0.5) is 0 Å². The van der Waals surface area contributed by atoms with Crippen molar-refractivity contribution in [2.45, 2.75) is 44.7 Å². The molecule has 2 aromatic rings. The quantitative estimate of drug-likeness (QED) is 0.664. The number of carbonyl (C=O) groups excluding carboxylic acids is 2. The number of hydrogen-bond acceptors (Lipinski definition) is 5. The zero-order valence-electron chi connectivity index (χ0n) is 19.2. The minimum Gasteiger partial charge on any atom is -0.328 e. The van der Waals surface area contributed by atoms with Crippen LogP contribution in [-0.4, -0.2) is 42.1 Å². The number of rotatable bonds is 2. The summed E-state index contributed by atoms with van der Waals surface area (Å²) in [6.45, 7) is 6.50. The molecule has 0 bridgehead atoms. The SMILES string of the molecule is CC1CC(C)CN(C2NC(=O)C3C(NC4c5ccccc5C(=O)C4C3c3ccccc3)N2)C1. The van der Waals surface area contributed by atoms with E-state index in [4.69, 9.17) is 0 Å². The van der Waals surface area contributed by atoms with E-state index < -0.39 is 0 Å². The number of likely N-dealkylation sites (tertiary alicyclic amines) is 1. The van der Waals surface area contributed by atoms with Crippen molar-refractivity contribution in [1.29, 1.82) is 0 Å². The summed E-state index contributed by atoms with van der Waals surface area (Å²) in [7, 11) is 0. The zero-order chi connectivity index (χ0) is 22.7. The molecule has 8 unspecified atom stereocenters. The van der Waals surface area contributed by atoms with E-state index in [0.29, 0.717) is 11.8 Å². The fourth-order valence-electron chi connectivity index (χ4n) is 6.93. The molecule has 33 heavy (non-hydrogen) atoms. The molecule has 3 saturated heterocycles. The maximum atomic E-state index is 13.7. The molecule has 6 heteroatoms. The van der Waals surface area contributed by atoms with Crippen LogP contribution < -0.4 is 16.0 Å². The molecular weight excluding hydrogens is 412 g/mol. The standard InChI is InChI=1S/C27H32N4O2/c1-15-12-16(2)14-31(13-15)27-29-25-22(26(33)30-27)20(17-8-4-3-5-9-17)21-23(28-25)18-10-6-7-11-19(18)24(21)32/h3-11,15-16,20-23,25,27-29H,12-14H2,1-2H3,(H,30,33). The maximum absolute atomic E-state index is 13.7. The van der Waals surface area contributed by atoms with Gasteiger partial charge < -0.3 is 5.32 Å². The first-order valence-electron chi connectivity index (χ1n) is 12.3. The molecule has 3 fully saturated rings. The van der Waals surface area contributed by atoms with Crippen LogP contribution in [0.15, 0.2) is 54.6 Å². The third-order valence-corrected chi connectivity index (χ3v) is 8.08. The second kappa shape index (κ2) is 8.05. The predicted molar refractivity (Wildman–Crippen MR) is 126 cm³/mol. The van der Waals surface area contributed by atoms with Gasteiger partial charge in [0.15, 0.2) is 5.78 Å². The lowest BCUT2D eigenvalue weighted by Crippen LogP contribution is -2.74. The third-order valence-electron chi connectivity index (χ3n) is 8.08. The summed E-state index contributed by atoms with van der Waals surface area (Å²) in [6, 6.07) is 17.9. The third kappa shape index (κ3) is 3.43.